The van der Waals surface area contributed by atoms with Crippen LogP contribution in [0.5, 0.6) is 0 Å². The second kappa shape index (κ2) is 8.16. The molecule has 2 heterocycles. The van der Waals surface area contributed by atoms with Crippen LogP contribution in [0, 0.1) is 6.92 Å². The molecule has 1 aliphatic heterocycles. The van der Waals surface area contributed by atoms with Crippen LogP contribution < -0.4 is 5.32 Å². The molecule has 25 heavy (non-hydrogen) atoms. The van der Waals surface area contributed by atoms with E-state index < -0.39 is 0 Å². The second-order valence-corrected chi connectivity index (χ2v) is 6.76. The van der Waals surface area contributed by atoms with Gasteiger partial charge in [0.1, 0.15) is 6.26 Å². The molecule has 0 spiro atoms. The highest BCUT2D eigenvalue weighted by Crippen LogP contribution is 2.15. The van der Waals surface area contributed by atoms with E-state index >= 15 is 0 Å². The van der Waals surface area contributed by atoms with Gasteiger partial charge in [0.2, 0.25) is 0 Å². The van der Waals surface area contributed by atoms with Crippen molar-refractivity contribution < 1.29 is 9.32 Å². The molecule has 1 saturated heterocycles. The third-order valence-corrected chi connectivity index (χ3v) is 4.71. The van der Waals surface area contributed by atoms with Crippen LogP contribution in [0.15, 0.2) is 41.1 Å². The number of hydrogen-bond acceptors (Lipinski definition) is 4. The van der Waals surface area contributed by atoms with Gasteiger partial charge in [-0.05, 0) is 18.4 Å². The fraction of sp³-hybridized carbons (Fsp3) is 0.474. The molecule has 3 rings (SSSR count). The zero-order chi connectivity index (χ0) is 17.6. The van der Waals surface area contributed by atoms with Gasteiger partial charge in [-0.3, -0.25) is 4.90 Å². The van der Waals surface area contributed by atoms with Crippen LogP contribution in [0.3, 0.4) is 0 Å². The molecule has 1 N–H and O–H groups in total. The average molecular weight is 342 g/mol. The summed E-state index contributed by atoms with van der Waals surface area (Å²) in [5.74, 6) is 0.303. The first kappa shape index (κ1) is 17.5. The fourth-order valence-electron chi connectivity index (χ4n) is 3.10. The summed E-state index contributed by atoms with van der Waals surface area (Å²) in [7, 11) is 0. The number of rotatable bonds is 5. The highest BCUT2D eigenvalue weighted by Gasteiger charge is 2.21. The van der Waals surface area contributed by atoms with E-state index in [1.165, 1.54) is 11.1 Å². The lowest BCUT2D eigenvalue weighted by Crippen LogP contribution is -2.51. The first-order valence-electron chi connectivity index (χ1n) is 8.83. The normalized spacial score (nSPS) is 16.6. The Balaban J connectivity index is 1.42. The molecule has 134 valence electrons. The van der Waals surface area contributed by atoms with Crippen molar-refractivity contribution in [3.05, 3.63) is 53.4 Å². The lowest BCUT2D eigenvalue weighted by molar-refractivity contribution is 0.133. The number of aryl methyl sites for hydroxylation is 1. The van der Waals surface area contributed by atoms with Gasteiger partial charge in [-0.1, -0.05) is 41.9 Å². The summed E-state index contributed by atoms with van der Waals surface area (Å²) in [5.41, 5.74) is 3.45. The Kier molecular flexibility index (Phi) is 5.71. The van der Waals surface area contributed by atoms with Gasteiger partial charge < -0.3 is 14.7 Å². The fourth-order valence-corrected chi connectivity index (χ4v) is 3.10. The molecule has 1 fully saturated rings. The van der Waals surface area contributed by atoms with E-state index in [1.807, 2.05) is 11.0 Å². The van der Waals surface area contributed by atoms with E-state index in [1.54, 1.807) is 6.26 Å². The third-order valence-electron chi connectivity index (χ3n) is 4.71. The summed E-state index contributed by atoms with van der Waals surface area (Å²) in [5, 5.41) is 7.01. The van der Waals surface area contributed by atoms with Crippen LogP contribution in [0.2, 0.25) is 0 Å². The maximum absolute atomic E-state index is 12.4. The van der Waals surface area contributed by atoms with Gasteiger partial charge in [-0.25, -0.2) is 4.79 Å². The highest BCUT2D eigenvalue weighted by molar-refractivity contribution is 5.74. The number of benzene rings is 1. The van der Waals surface area contributed by atoms with Crippen LogP contribution in [0.4, 0.5) is 4.79 Å². The van der Waals surface area contributed by atoms with Crippen molar-refractivity contribution in [2.75, 3.05) is 32.7 Å². The van der Waals surface area contributed by atoms with Crippen molar-refractivity contribution in [1.29, 1.82) is 0 Å². The Labute approximate surface area is 148 Å². The molecule has 2 amide bonds. The van der Waals surface area contributed by atoms with Crippen molar-refractivity contribution in [2.45, 2.75) is 26.3 Å². The molecule has 6 heteroatoms. The molecule has 0 aliphatic carbocycles. The number of carbonyl (C=O) groups excluding carboxylic acids is 1. The van der Waals surface area contributed by atoms with Crippen molar-refractivity contribution in [3.8, 4) is 0 Å². The molecule has 1 atom stereocenters. The van der Waals surface area contributed by atoms with E-state index in [0.29, 0.717) is 12.5 Å². The van der Waals surface area contributed by atoms with E-state index in [0.717, 1.165) is 38.4 Å². The first-order valence-corrected chi connectivity index (χ1v) is 8.83. The number of aromatic nitrogens is 1. The molecule has 1 aliphatic rings. The quantitative estimate of drug-likeness (QED) is 0.907. The van der Waals surface area contributed by atoms with E-state index in [2.05, 4.69) is 53.5 Å². The van der Waals surface area contributed by atoms with Crippen LogP contribution in [-0.2, 0) is 6.54 Å². The molecule has 0 unspecified atom stereocenters. The molecular weight excluding hydrogens is 316 g/mol. The smallest absolute Gasteiger partial charge is 0.317 e. The van der Waals surface area contributed by atoms with Gasteiger partial charge in [-0.2, -0.15) is 0 Å². The molecule has 0 radical (unpaired) electrons. The molecule has 0 saturated carbocycles. The van der Waals surface area contributed by atoms with Gasteiger partial charge in [0.05, 0.1) is 5.69 Å². The van der Waals surface area contributed by atoms with Crippen molar-refractivity contribution >= 4 is 6.03 Å². The highest BCUT2D eigenvalue weighted by atomic mass is 16.5. The number of amides is 2. The van der Waals surface area contributed by atoms with E-state index in [-0.39, 0.29) is 6.03 Å². The standard InChI is InChI=1S/C19H26N4O2/c1-15-4-3-5-17(12-15)16(2)13-20-19(24)23-9-7-22(8-10-23)14-18-6-11-25-21-18/h3-6,11-12,16H,7-10,13-14H2,1-2H3,(H,20,24)/t16-/m0/s1. The summed E-state index contributed by atoms with van der Waals surface area (Å²) in [6, 6.07) is 10.4. The van der Waals surface area contributed by atoms with Crippen molar-refractivity contribution in [2.24, 2.45) is 0 Å². The molecule has 0 bridgehead atoms. The predicted molar refractivity (Wildman–Crippen MR) is 96.3 cm³/mol. The number of hydrogen-bond donors (Lipinski definition) is 1. The van der Waals surface area contributed by atoms with Crippen molar-refractivity contribution in [3.63, 3.8) is 0 Å². The van der Waals surface area contributed by atoms with Gasteiger partial charge in [0.25, 0.3) is 0 Å². The maximum Gasteiger partial charge on any atom is 0.317 e. The molecule has 6 nitrogen and oxygen atoms in total. The first-order chi connectivity index (χ1) is 12.1. The van der Waals surface area contributed by atoms with E-state index in [9.17, 15) is 4.79 Å². The van der Waals surface area contributed by atoms with Gasteiger partial charge in [0.15, 0.2) is 0 Å². The zero-order valence-corrected chi connectivity index (χ0v) is 14.9. The Morgan fingerprint density at radius 2 is 2.08 bits per heavy atom. The predicted octanol–water partition coefficient (Wildman–Crippen LogP) is 2.61. The summed E-state index contributed by atoms with van der Waals surface area (Å²) < 4.78 is 4.86. The maximum atomic E-state index is 12.4. The summed E-state index contributed by atoms with van der Waals surface area (Å²) in [4.78, 5) is 16.6. The van der Waals surface area contributed by atoms with Crippen LogP contribution in [0.1, 0.15) is 29.7 Å². The largest absolute Gasteiger partial charge is 0.364 e. The Hall–Kier alpha value is -2.34. The molecular formula is C19H26N4O2. The SMILES string of the molecule is Cc1cccc([C@@H](C)CNC(=O)N2CCN(Cc3ccon3)CC2)c1. The van der Waals surface area contributed by atoms with Crippen LogP contribution >= 0.6 is 0 Å². The van der Waals surface area contributed by atoms with Gasteiger partial charge >= 0.3 is 6.03 Å². The summed E-state index contributed by atoms with van der Waals surface area (Å²) >= 11 is 0. The number of carbonyl (C=O) groups is 1. The lowest BCUT2D eigenvalue weighted by Gasteiger charge is -2.34. The second-order valence-electron chi connectivity index (χ2n) is 6.76. The Bertz CT molecular complexity index is 678. The minimum Gasteiger partial charge on any atom is -0.364 e. The van der Waals surface area contributed by atoms with Gasteiger partial charge in [-0.15, -0.1) is 0 Å². The number of nitrogens with zero attached hydrogens (tertiary/aromatic N) is 3. The molecule has 2 aromatic rings. The number of piperazine rings is 1. The van der Waals surface area contributed by atoms with E-state index in [4.69, 9.17) is 4.52 Å². The zero-order valence-electron chi connectivity index (χ0n) is 14.9. The monoisotopic (exact) mass is 342 g/mol. The van der Waals surface area contributed by atoms with Gasteiger partial charge in [0, 0.05) is 45.3 Å². The topological polar surface area (TPSA) is 61.6 Å². The Morgan fingerprint density at radius 1 is 1.28 bits per heavy atom. The minimum atomic E-state index is 0.0283. The summed E-state index contributed by atoms with van der Waals surface area (Å²) in [6.45, 7) is 8.85. The minimum absolute atomic E-state index is 0.0283. The summed E-state index contributed by atoms with van der Waals surface area (Å²) in [6.07, 6.45) is 1.59. The van der Waals surface area contributed by atoms with Crippen molar-refractivity contribution in [1.82, 2.24) is 20.3 Å². The van der Waals surface area contributed by atoms with Crippen LogP contribution in [0.25, 0.3) is 0 Å². The van der Waals surface area contributed by atoms with Crippen LogP contribution in [-0.4, -0.2) is 53.7 Å². The molecule has 1 aromatic carbocycles. The molecule has 1 aromatic heterocycles. The number of nitrogens with one attached hydrogen (secondary N) is 1. The average Bonchev–Trinajstić information content (AvgIpc) is 3.13. The third kappa shape index (κ3) is 4.82. The number of urea groups is 1. The lowest BCUT2D eigenvalue weighted by atomic mass is 9.99. The Morgan fingerprint density at radius 3 is 2.76 bits per heavy atom.